The number of benzene rings is 1. The molecule has 0 saturated heterocycles. The van der Waals surface area contributed by atoms with E-state index in [0.29, 0.717) is 13.2 Å². The highest BCUT2D eigenvalue weighted by molar-refractivity contribution is 5.57. The predicted molar refractivity (Wildman–Crippen MR) is 67.7 cm³/mol. The first-order valence-corrected chi connectivity index (χ1v) is 5.91. The van der Waals surface area contributed by atoms with Crippen molar-refractivity contribution >= 4 is 5.69 Å². The second-order valence-electron chi connectivity index (χ2n) is 5.55. The highest BCUT2D eigenvalue weighted by Gasteiger charge is 2.37. The molecule has 2 rings (SSSR count). The van der Waals surface area contributed by atoms with Crippen LogP contribution in [0.25, 0.3) is 0 Å². The van der Waals surface area contributed by atoms with Crippen LogP contribution < -0.4 is 5.32 Å². The Hall–Kier alpha value is -1.10. The van der Waals surface area contributed by atoms with Crippen molar-refractivity contribution in [3.63, 3.8) is 0 Å². The average Bonchev–Trinajstić information content (AvgIpc) is 2.56. The van der Waals surface area contributed by atoms with Crippen LogP contribution in [0, 0.1) is 0 Å². The molecule has 1 aliphatic heterocycles. The van der Waals surface area contributed by atoms with E-state index in [1.54, 1.807) is 0 Å². The molecule has 0 saturated carbocycles. The molecule has 1 unspecified atom stereocenters. The lowest BCUT2D eigenvalue weighted by atomic mass is 10.1. The molecule has 0 radical (unpaired) electrons. The molecule has 0 bridgehead atoms. The van der Waals surface area contributed by atoms with E-state index < -0.39 is 5.79 Å². The summed E-state index contributed by atoms with van der Waals surface area (Å²) in [6.07, 6.45) is 0. The lowest BCUT2D eigenvalue weighted by Gasteiger charge is -2.27. The topological polar surface area (TPSA) is 41.5 Å². The van der Waals surface area contributed by atoms with E-state index in [1.165, 1.54) is 0 Å². The fraction of sp³-hybridized carbons (Fsp3) is 0.538. The number of fused-ring (bicyclic) bond motifs is 1. The molecule has 1 aromatic rings. The minimum Gasteiger partial charge on any atom is -0.379 e. The zero-order valence-corrected chi connectivity index (χ0v) is 10.7. The summed E-state index contributed by atoms with van der Waals surface area (Å²) in [4.78, 5) is 0. The Morgan fingerprint density at radius 3 is 2.76 bits per heavy atom. The molecule has 94 valence electrons. The van der Waals surface area contributed by atoms with Gasteiger partial charge in [0, 0.05) is 11.3 Å². The summed E-state index contributed by atoms with van der Waals surface area (Å²) in [5, 5.41) is 13.6. The Morgan fingerprint density at radius 2 is 2.06 bits per heavy atom. The number of rotatable bonds is 4. The molecule has 1 aliphatic rings. The Morgan fingerprint density at radius 1 is 1.35 bits per heavy atom. The maximum Gasteiger partial charge on any atom is 0.212 e. The van der Waals surface area contributed by atoms with E-state index in [2.05, 4.69) is 26.5 Å². The fourth-order valence-electron chi connectivity index (χ4n) is 1.91. The monoisotopic (exact) mass is 237 g/mol. The molecule has 0 aliphatic carbocycles. The summed E-state index contributed by atoms with van der Waals surface area (Å²) in [6.45, 7) is 1.82. The highest BCUT2D eigenvalue weighted by Crippen LogP contribution is 2.35. The largest absolute Gasteiger partial charge is 0.379 e. The van der Waals surface area contributed by atoms with Gasteiger partial charge in [-0.1, -0.05) is 18.2 Å². The van der Waals surface area contributed by atoms with Gasteiger partial charge in [-0.2, -0.15) is 0 Å². The molecular weight excluding hydrogens is 216 g/mol. The van der Waals surface area contributed by atoms with Crippen LogP contribution in [0.4, 0.5) is 5.69 Å². The number of β-amino-alcohol motifs (C(OH)–C–C–N with tert-alkyl or cyclic N) is 1. The van der Waals surface area contributed by atoms with Gasteiger partial charge in [0.2, 0.25) is 5.79 Å². The summed E-state index contributed by atoms with van der Waals surface area (Å²) in [6, 6.07) is 7.72. The van der Waals surface area contributed by atoms with Crippen molar-refractivity contribution in [3.05, 3.63) is 29.8 Å². The number of nitrogens with zero attached hydrogens (tertiary/aromatic N) is 1. The van der Waals surface area contributed by atoms with Gasteiger partial charge >= 0.3 is 0 Å². The standard InChI is InChI=1S/C13H21N2O2/c1-15(2,3)8-9-17-13(16)10-14-12-7-5-4-6-11(12)13/h4-7,14,16H,8-10H2,1-3H3/q+1. The lowest BCUT2D eigenvalue weighted by Crippen LogP contribution is -2.40. The van der Waals surface area contributed by atoms with Crippen molar-refractivity contribution in [2.75, 3.05) is 46.2 Å². The van der Waals surface area contributed by atoms with Crippen molar-refractivity contribution in [1.29, 1.82) is 0 Å². The summed E-state index contributed by atoms with van der Waals surface area (Å²) in [7, 11) is 6.32. The molecule has 0 amide bonds. The van der Waals surface area contributed by atoms with Crippen LogP contribution in [-0.4, -0.2) is 50.4 Å². The van der Waals surface area contributed by atoms with Gasteiger partial charge in [0.25, 0.3) is 0 Å². The van der Waals surface area contributed by atoms with Gasteiger partial charge in [-0.15, -0.1) is 0 Å². The Kier molecular flexibility index (Phi) is 3.12. The number of para-hydroxylation sites is 1. The predicted octanol–water partition coefficient (Wildman–Crippen LogP) is 0.980. The Balaban J connectivity index is 2.02. The highest BCUT2D eigenvalue weighted by atomic mass is 16.6. The SMILES string of the molecule is C[N+](C)(C)CCOC1(O)CNc2ccccc21. The number of quaternary nitrogens is 1. The molecule has 1 heterocycles. The van der Waals surface area contributed by atoms with E-state index >= 15 is 0 Å². The zero-order chi connectivity index (χ0) is 12.5. The minimum absolute atomic E-state index is 0.420. The van der Waals surface area contributed by atoms with Gasteiger partial charge in [0.15, 0.2) is 0 Å². The first kappa shape index (κ1) is 12.4. The fourth-order valence-corrected chi connectivity index (χ4v) is 1.91. The van der Waals surface area contributed by atoms with E-state index in [1.807, 2.05) is 24.3 Å². The number of ether oxygens (including phenoxy) is 1. The van der Waals surface area contributed by atoms with Crippen LogP contribution in [0.1, 0.15) is 5.56 Å². The van der Waals surface area contributed by atoms with Crippen LogP contribution in [0.15, 0.2) is 24.3 Å². The van der Waals surface area contributed by atoms with Crippen LogP contribution in [0.2, 0.25) is 0 Å². The molecule has 1 aromatic carbocycles. The maximum atomic E-state index is 10.4. The minimum atomic E-state index is -1.17. The van der Waals surface area contributed by atoms with Crippen molar-refractivity contribution in [3.8, 4) is 0 Å². The van der Waals surface area contributed by atoms with E-state index in [9.17, 15) is 5.11 Å². The second-order valence-corrected chi connectivity index (χ2v) is 5.55. The van der Waals surface area contributed by atoms with Gasteiger partial charge in [0.05, 0.1) is 34.3 Å². The molecule has 4 heteroatoms. The van der Waals surface area contributed by atoms with Crippen LogP contribution >= 0.6 is 0 Å². The van der Waals surface area contributed by atoms with Gasteiger partial charge in [-0.05, 0) is 6.07 Å². The molecular formula is C13H21N2O2+. The molecule has 17 heavy (non-hydrogen) atoms. The summed E-state index contributed by atoms with van der Waals surface area (Å²) in [5.74, 6) is -1.17. The van der Waals surface area contributed by atoms with Crippen LogP contribution in [-0.2, 0) is 10.5 Å². The molecule has 2 N–H and O–H groups in total. The number of aliphatic hydroxyl groups is 1. The summed E-state index contributed by atoms with van der Waals surface area (Å²) in [5.41, 5.74) is 1.79. The maximum absolute atomic E-state index is 10.4. The number of nitrogens with one attached hydrogen (secondary N) is 1. The number of hydrogen-bond acceptors (Lipinski definition) is 3. The van der Waals surface area contributed by atoms with Crippen molar-refractivity contribution in [1.82, 2.24) is 0 Å². The number of hydrogen-bond donors (Lipinski definition) is 2. The number of anilines is 1. The third-order valence-electron chi connectivity index (χ3n) is 2.97. The normalized spacial score (nSPS) is 23.3. The average molecular weight is 237 g/mol. The van der Waals surface area contributed by atoms with Crippen LogP contribution in [0.5, 0.6) is 0 Å². The Bertz CT molecular complexity index is 401. The van der Waals surface area contributed by atoms with Gasteiger partial charge < -0.3 is 19.6 Å². The summed E-state index contributed by atoms with van der Waals surface area (Å²) < 4.78 is 6.49. The number of likely N-dealkylation sites (N-methyl/N-ethyl adjacent to an activating group) is 1. The van der Waals surface area contributed by atoms with Crippen molar-refractivity contribution in [2.45, 2.75) is 5.79 Å². The van der Waals surface area contributed by atoms with Crippen molar-refractivity contribution in [2.24, 2.45) is 0 Å². The van der Waals surface area contributed by atoms with Crippen molar-refractivity contribution < 1.29 is 14.3 Å². The van der Waals surface area contributed by atoms with E-state index in [0.717, 1.165) is 22.3 Å². The molecule has 4 nitrogen and oxygen atoms in total. The molecule has 0 fully saturated rings. The van der Waals surface area contributed by atoms with Gasteiger partial charge in [0.1, 0.15) is 6.54 Å². The first-order valence-electron chi connectivity index (χ1n) is 5.91. The Labute approximate surface area is 102 Å². The van der Waals surface area contributed by atoms with Gasteiger partial charge in [-0.25, -0.2) is 0 Å². The van der Waals surface area contributed by atoms with E-state index in [-0.39, 0.29) is 0 Å². The first-order chi connectivity index (χ1) is 7.91. The van der Waals surface area contributed by atoms with Gasteiger partial charge in [-0.3, -0.25) is 0 Å². The van der Waals surface area contributed by atoms with Crippen LogP contribution in [0.3, 0.4) is 0 Å². The molecule has 0 spiro atoms. The lowest BCUT2D eigenvalue weighted by molar-refractivity contribution is -0.871. The summed E-state index contributed by atoms with van der Waals surface area (Å²) >= 11 is 0. The second kappa shape index (κ2) is 4.29. The molecule has 0 aromatic heterocycles. The quantitative estimate of drug-likeness (QED) is 0.606. The third-order valence-corrected chi connectivity index (χ3v) is 2.97. The third kappa shape index (κ3) is 2.77. The zero-order valence-electron chi connectivity index (χ0n) is 10.7. The molecule has 1 atom stereocenters. The van der Waals surface area contributed by atoms with E-state index in [4.69, 9.17) is 4.74 Å². The smallest absolute Gasteiger partial charge is 0.212 e.